The number of nitrogens with two attached hydrogens (primary N) is 2. The second kappa shape index (κ2) is 5.86. The lowest BCUT2D eigenvalue weighted by Crippen LogP contribution is -2.37. The number of hydrogen-bond donors (Lipinski definition) is 4. The van der Waals surface area contributed by atoms with E-state index in [0.717, 1.165) is 42.8 Å². The number of hydrogen-bond acceptors (Lipinski definition) is 5. The van der Waals surface area contributed by atoms with Crippen LogP contribution in [0.1, 0.15) is 46.5 Å². The molecule has 7 nitrogen and oxygen atoms in total. The number of carbonyl (C=O) groups excluding carboxylic acids is 2. The van der Waals surface area contributed by atoms with Gasteiger partial charge in [0.2, 0.25) is 0 Å². The quantitative estimate of drug-likeness (QED) is 0.661. The molecule has 2 aliphatic rings. The number of amides is 3. The standard InChI is InChI=1S/C14H21N5O2S/c1-2-5-19-6-8-9(18-19)4-3-7-10(12(15)20)13(17-14(16)21)22-11(7)8/h8-9,18H,2-6H2,1H3,(H2,15,20)(H3,16,17,21). The van der Waals surface area contributed by atoms with E-state index in [4.69, 9.17) is 11.5 Å². The Morgan fingerprint density at radius 2 is 2.23 bits per heavy atom. The predicted molar refractivity (Wildman–Crippen MR) is 85.9 cm³/mol. The molecule has 1 saturated heterocycles. The summed E-state index contributed by atoms with van der Waals surface area (Å²) < 4.78 is 0. The van der Waals surface area contributed by atoms with Gasteiger partial charge in [-0.1, -0.05) is 6.92 Å². The van der Waals surface area contributed by atoms with E-state index < -0.39 is 11.9 Å². The first kappa shape index (κ1) is 15.3. The maximum atomic E-state index is 11.8. The molecule has 0 bridgehead atoms. The zero-order valence-electron chi connectivity index (χ0n) is 12.5. The molecular formula is C14H21N5O2S. The molecule has 120 valence electrons. The molecule has 1 fully saturated rings. The average molecular weight is 323 g/mol. The molecule has 0 radical (unpaired) electrons. The third-order valence-corrected chi connectivity index (χ3v) is 5.59. The molecule has 1 aromatic heterocycles. The van der Waals surface area contributed by atoms with Crippen molar-refractivity contribution in [1.29, 1.82) is 0 Å². The molecule has 2 unspecified atom stereocenters. The van der Waals surface area contributed by atoms with E-state index in [-0.39, 0.29) is 0 Å². The molecule has 0 saturated carbocycles. The van der Waals surface area contributed by atoms with Crippen molar-refractivity contribution >= 4 is 28.3 Å². The summed E-state index contributed by atoms with van der Waals surface area (Å²) in [6.07, 6.45) is 2.84. The van der Waals surface area contributed by atoms with E-state index in [0.29, 0.717) is 22.5 Å². The molecule has 2 heterocycles. The lowest BCUT2D eigenvalue weighted by Gasteiger charge is -2.24. The van der Waals surface area contributed by atoms with Crippen LogP contribution in [0, 0.1) is 0 Å². The lowest BCUT2D eigenvalue weighted by molar-refractivity contribution is 0.100. The Hall–Kier alpha value is -1.64. The van der Waals surface area contributed by atoms with Crippen LogP contribution in [0.3, 0.4) is 0 Å². The second-order valence-electron chi connectivity index (χ2n) is 5.83. The number of urea groups is 1. The Labute approximate surface area is 133 Å². The van der Waals surface area contributed by atoms with Gasteiger partial charge in [0.15, 0.2) is 0 Å². The number of rotatable bonds is 4. The van der Waals surface area contributed by atoms with Gasteiger partial charge in [0.05, 0.1) is 5.56 Å². The molecule has 3 rings (SSSR count). The highest BCUT2D eigenvalue weighted by Crippen LogP contribution is 2.45. The minimum absolute atomic E-state index is 0.335. The predicted octanol–water partition coefficient (Wildman–Crippen LogP) is 0.966. The Balaban J connectivity index is 1.96. The number of nitrogens with zero attached hydrogens (tertiary/aromatic N) is 1. The molecular weight excluding hydrogens is 302 g/mol. The van der Waals surface area contributed by atoms with Crippen LogP contribution in [0.15, 0.2) is 0 Å². The highest BCUT2D eigenvalue weighted by molar-refractivity contribution is 7.17. The van der Waals surface area contributed by atoms with Crippen molar-refractivity contribution in [2.24, 2.45) is 11.5 Å². The summed E-state index contributed by atoms with van der Waals surface area (Å²) in [6, 6.07) is -0.283. The van der Waals surface area contributed by atoms with Gasteiger partial charge in [-0.3, -0.25) is 15.5 Å². The second-order valence-corrected chi connectivity index (χ2v) is 6.88. The third-order valence-electron chi connectivity index (χ3n) is 4.31. The maximum Gasteiger partial charge on any atom is 0.317 e. The number of nitrogens with one attached hydrogen (secondary N) is 2. The van der Waals surface area contributed by atoms with Crippen molar-refractivity contribution in [2.45, 2.75) is 38.1 Å². The van der Waals surface area contributed by atoms with Crippen molar-refractivity contribution in [3.05, 3.63) is 16.0 Å². The number of anilines is 1. The monoisotopic (exact) mass is 323 g/mol. The van der Waals surface area contributed by atoms with Gasteiger partial charge in [-0.25, -0.2) is 9.80 Å². The van der Waals surface area contributed by atoms with E-state index in [9.17, 15) is 9.59 Å². The minimum Gasteiger partial charge on any atom is -0.365 e. The fourth-order valence-corrected chi connectivity index (χ4v) is 4.90. The molecule has 1 aliphatic heterocycles. The van der Waals surface area contributed by atoms with Crippen LogP contribution in [0.2, 0.25) is 0 Å². The van der Waals surface area contributed by atoms with Crippen LogP contribution in [-0.2, 0) is 6.42 Å². The van der Waals surface area contributed by atoms with Crippen LogP contribution in [0.25, 0.3) is 0 Å². The summed E-state index contributed by atoms with van der Waals surface area (Å²) in [5.41, 5.74) is 15.7. The molecule has 1 aliphatic carbocycles. The Bertz CT molecular complexity index is 615. The SMILES string of the molecule is CCCN1CC2c3sc(NC(N)=O)c(C(N)=O)c3CCC2N1. The van der Waals surface area contributed by atoms with Crippen LogP contribution in [0.4, 0.5) is 9.80 Å². The Kier molecular flexibility index (Phi) is 4.07. The summed E-state index contributed by atoms with van der Waals surface area (Å²) in [4.78, 5) is 24.1. The number of fused-ring (bicyclic) bond motifs is 3. The largest absolute Gasteiger partial charge is 0.365 e. The van der Waals surface area contributed by atoms with Gasteiger partial charge in [0, 0.05) is 29.9 Å². The van der Waals surface area contributed by atoms with Crippen molar-refractivity contribution in [3.8, 4) is 0 Å². The van der Waals surface area contributed by atoms with Gasteiger partial charge in [0.25, 0.3) is 5.91 Å². The van der Waals surface area contributed by atoms with Crippen molar-refractivity contribution in [2.75, 3.05) is 18.4 Å². The molecule has 0 spiro atoms. The zero-order chi connectivity index (χ0) is 15.9. The number of hydrazine groups is 1. The summed E-state index contributed by atoms with van der Waals surface area (Å²) in [6.45, 7) is 4.07. The smallest absolute Gasteiger partial charge is 0.317 e. The topological polar surface area (TPSA) is 113 Å². The van der Waals surface area contributed by atoms with Gasteiger partial charge in [-0.2, -0.15) is 0 Å². The zero-order valence-corrected chi connectivity index (χ0v) is 13.3. The van der Waals surface area contributed by atoms with Crippen molar-refractivity contribution < 1.29 is 9.59 Å². The first-order valence-electron chi connectivity index (χ1n) is 7.54. The van der Waals surface area contributed by atoms with Gasteiger partial charge in [-0.05, 0) is 24.8 Å². The number of primary amides is 2. The van der Waals surface area contributed by atoms with E-state index in [1.54, 1.807) is 0 Å². The normalized spacial score (nSPS) is 23.9. The van der Waals surface area contributed by atoms with Crippen molar-refractivity contribution in [3.63, 3.8) is 0 Å². The highest BCUT2D eigenvalue weighted by Gasteiger charge is 2.40. The molecule has 0 aromatic carbocycles. The molecule has 22 heavy (non-hydrogen) atoms. The maximum absolute atomic E-state index is 11.8. The lowest BCUT2D eigenvalue weighted by atomic mass is 9.84. The average Bonchev–Trinajstić information content (AvgIpc) is 2.97. The first-order chi connectivity index (χ1) is 10.5. The fraction of sp³-hybridized carbons (Fsp3) is 0.571. The van der Waals surface area contributed by atoms with Crippen LogP contribution in [-0.4, -0.2) is 36.1 Å². The Morgan fingerprint density at radius 3 is 2.86 bits per heavy atom. The van der Waals surface area contributed by atoms with Crippen molar-refractivity contribution in [1.82, 2.24) is 10.4 Å². The third kappa shape index (κ3) is 2.57. The summed E-state index contributed by atoms with van der Waals surface area (Å²) in [7, 11) is 0. The molecule has 3 amide bonds. The molecule has 2 atom stereocenters. The molecule has 8 heteroatoms. The van der Waals surface area contributed by atoms with Gasteiger partial charge >= 0.3 is 6.03 Å². The van der Waals surface area contributed by atoms with Gasteiger partial charge in [0.1, 0.15) is 5.00 Å². The minimum atomic E-state index is -0.671. The first-order valence-corrected chi connectivity index (χ1v) is 8.35. The Morgan fingerprint density at radius 1 is 1.45 bits per heavy atom. The van der Waals surface area contributed by atoms with Crippen LogP contribution in [0.5, 0.6) is 0 Å². The van der Waals surface area contributed by atoms with E-state index >= 15 is 0 Å². The summed E-state index contributed by atoms with van der Waals surface area (Å²) in [5.74, 6) is -0.169. The molecule has 1 aromatic rings. The van der Waals surface area contributed by atoms with Crippen LogP contribution >= 0.6 is 11.3 Å². The van der Waals surface area contributed by atoms with E-state index in [1.807, 2.05) is 0 Å². The highest BCUT2D eigenvalue weighted by atomic mass is 32.1. The van der Waals surface area contributed by atoms with Gasteiger partial charge < -0.3 is 11.5 Å². The number of carbonyl (C=O) groups is 2. The molecule has 6 N–H and O–H groups in total. The van der Waals surface area contributed by atoms with E-state index in [1.165, 1.54) is 11.3 Å². The summed E-state index contributed by atoms with van der Waals surface area (Å²) >= 11 is 1.44. The van der Waals surface area contributed by atoms with Crippen LogP contribution < -0.4 is 22.2 Å². The fourth-order valence-electron chi connectivity index (χ4n) is 3.49. The summed E-state index contributed by atoms with van der Waals surface area (Å²) in [5, 5.41) is 5.28. The van der Waals surface area contributed by atoms with E-state index in [2.05, 4.69) is 22.7 Å². The number of thiophene rings is 1. The van der Waals surface area contributed by atoms with Gasteiger partial charge in [-0.15, -0.1) is 11.3 Å².